The molecule has 0 unspecified atom stereocenters. The summed E-state index contributed by atoms with van der Waals surface area (Å²) in [4.78, 5) is 14.3. The largest absolute Gasteiger partial charge is 0.416 e. The van der Waals surface area contributed by atoms with Gasteiger partial charge >= 0.3 is 6.18 Å². The van der Waals surface area contributed by atoms with Crippen molar-refractivity contribution in [3.63, 3.8) is 0 Å². The Morgan fingerprint density at radius 2 is 1.90 bits per heavy atom. The van der Waals surface area contributed by atoms with Crippen LogP contribution in [0.25, 0.3) is 5.57 Å². The third-order valence-corrected chi connectivity index (χ3v) is 5.07. The zero-order chi connectivity index (χ0) is 21.4. The van der Waals surface area contributed by atoms with E-state index in [1.807, 2.05) is 32.2 Å². The molecule has 0 saturated carbocycles. The van der Waals surface area contributed by atoms with Crippen LogP contribution in [-0.2, 0) is 6.18 Å². The van der Waals surface area contributed by atoms with Crippen molar-refractivity contribution < 1.29 is 18.0 Å². The normalized spacial score (nSPS) is 15.8. The molecule has 0 atom stereocenters. The first-order valence-corrected chi connectivity index (χ1v) is 9.07. The Balaban J connectivity index is 1.75. The molecule has 0 spiro atoms. The van der Waals surface area contributed by atoms with Crippen LogP contribution < -0.4 is 10.3 Å². The zero-order valence-electron chi connectivity index (χ0n) is 16.6. The number of nitrogens with zero attached hydrogens (tertiary/aromatic N) is 2. The molecule has 1 N–H and O–H groups in total. The summed E-state index contributed by atoms with van der Waals surface area (Å²) in [7, 11) is 2.03. The number of alkyl halides is 3. The number of rotatable bonds is 3. The molecule has 2 aromatic carbocycles. The van der Waals surface area contributed by atoms with Gasteiger partial charge in [0.1, 0.15) is 0 Å². The van der Waals surface area contributed by atoms with E-state index in [9.17, 15) is 18.0 Å². The third kappa shape index (κ3) is 4.34. The fourth-order valence-corrected chi connectivity index (χ4v) is 3.32. The summed E-state index contributed by atoms with van der Waals surface area (Å²) in [6.45, 7) is 6.32. The average molecular weight is 401 g/mol. The van der Waals surface area contributed by atoms with Crippen molar-refractivity contribution in [3.05, 3.63) is 70.8 Å². The van der Waals surface area contributed by atoms with E-state index in [-0.39, 0.29) is 11.1 Å². The molecule has 0 aliphatic carbocycles. The van der Waals surface area contributed by atoms with Gasteiger partial charge in [0, 0.05) is 23.9 Å². The number of benzene rings is 2. The number of anilines is 1. The second-order valence-electron chi connectivity index (χ2n) is 7.59. The Labute approximate surface area is 167 Å². The van der Waals surface area contributed by atoms with Gasteiger partial charge in [-0.1, -0.05) is 18.2 Å². The van der Waals surface area contributed by atoms with Gasteiger partial charge in [0.25, 0.3) is 5.91 Å². The van der Waals surface area contributed by atoms with Gasteiger partial charge in [-0.2, -0.15) is 18.3 Å². The standard InChI is InChI=1S/C22H22F3N3O/c1-14-12-21(2,3)28(4)19-9-8-15(10-18(14)19)13-26-27-20(29)16-6-5-7-17(11-16)22(23,24)25/h5-13H,1-4H3,(H,27,29)/b26-13-. The van der Waals surface area contributed by atoms with Gasteiger partial charge in [-0.15, -0.1) is 0 Å². The number of nitrogens with one attached hydrogen (secondary N) is 1. The first-order valence-electron chi connectivity index (χ1n) is 9.07. The summed E-state index contributed by atoms with van der Waals surface area (Å²) in [5.74, 6) is -0.706. The molecule has 0 fully saturated rings. The Morgan fingerprint density at radius 1 is 1.17 bits per heavy atom. The maximum atomic E-state index is 12.8. The fraction of sp³-hybridized carbons (Fsp3) is 0.273. The van der Waals surface area contributed by atoms with Crippen molar-refractivity contribution >= 4 is 23.4 Å². The SMILES string of the molecule is CC1=CC(C)(C)N(C)c2ccc(/C=N\NC(=O)c3cccc(C(F)(F)F)c3)cc21. The van der Waals surface area contributed by atoms with Crippen molar-refractivity contribution in [2.75, 3.05) is 11.9 Å². The van der Waals surface area contributed by atoms with Crippen LogP contribution in [0.3, 0.4) is 0 Å². The summed E-state index contributed by atoms with van der Waals surface area (Å²) in [6, 6.07) is 10.1. The molecular weight excluding hydrogens is 379 g/mol. The van der Waals surface area contributed by atoms with Crippen LogP contribution in [0.5, 0.6) is 0 Å². The summed E-state index contributed by atoms with van der Waals surface area (Å²) in [5.41, 5.74) is 5.29. The summed E-state index contributed by atoms with van der Waals surface area (Å²) >= 11 is 0. The highest BCUT2D eigenvalue weighted by molar-refractivity contribution is 5.95. The van der Waals surface area contributed by atoms with Gasteiger partial charge in [-0.3, -0.25) is 4.79 Å². The number of likely N-dealkylation sites (N-methyl/N-ethyl adjacent to an activating group) is 1. The number of fused-ring (bicyclic) bond motifs is 1. The van der Waals surface area contributed by atoms with E-state index >= 15 is 0 Å². The van der Waals surface area contributed by atoms with Gasteiger partial charge in [-0.25, -0.2) is 5.43 Å². The maximum absolute atomic E-state index is 12.8. The van der Waals surface area contributed by atoms with Crippen LogP contribution in [0, 0.1) is 0 Å². The lowest BCUT2D eigenvalue weighted by atomic mass is 9.89. The van der Waals surface area contributed by atoms with Crippen LogP contribution in [0.2, 0.25) is 0 Å². The van der Waals surface area contributed by atoms with Gasteiger partial charge < -0.3 is 4.90 Å². The molecule has 0 bridgehead atoms. The van der Waals surface area contributed by atoms with E-state index in [0.717, 1.165) is 34.5 Å². The maximum Gasteiger partial charge on any atom is 0.416 e. The summed E-state index contributed by atoms with van der Waals surface area (Å²) < 4.78 is 38.3. The highest BCUT2D eigenvalue weighted by Crippen LogP contribution is 2.37. The van der Waals surface area contributed by atoms with E-state index in [0.29, 0.717) is 0 Å². The summed E-state index contributed by atoms with van der Waals surface area (Å²) in [5, 5.41) is 3.89. The molecule has 7 heteroatoms. The van der Waals surface area contributed by atoms with Gasteiger partial charge in [0.15, 0.2) is 0 Å². The Kier molecular flexibility index (Phi) is 5.26. The Bertz CT molecular complexity index is 1010. The van der Waals surface area contributed by atoms with E-state index in [1.165, 1.54) is 18.3 Å². The minimum absolute atomic E-state index is 0.0917. The van der Waals surface area contributed by atoms with Crippen LogP contribution in [-0.4, -0.2) is 24.7 Å². The van der Waals surface area contributed by atoms with Crippen molar-refractivity contribution in [3.8, 4) is 0 Å². The molecular formula is C22H22F3N3O. The van der Waals surface area contributed by atoms with Crippen molar-refractivity contribution in [1.82, 2.24) is 5.43 Å². The molecule has 0 aromatic heterocycles. The molecule has 1 amide bonds. The average Bonchev–Trinajstić information content (AvgIpc) is 2.65. The fourth-order valence-electron chi connectivity index (χ4n) is 3.32. The molecule has 29 heavy (non-hydrogen) atoms. The summed E-state index contributed by atoms with van der Waals surface area (Å²) in [6.07, 6.45) is -0.847. The molecule has 152 valence electrons. The molecule has 0 saturated heterocycles. The smallest absolute Gasteiger partial charge is 0.366 e. The lowest BCUT2D eigenvalue weighted by Gasteiger charge is -2.40. The number of carbonyl (C=O) groups is 1. The first kappa shape index (κ1) is 20.6. The monoisotopic (exact) mass is 401 g/mol. The molecule has 1 heterocycles. The van der Waals surface area contributed by atoms with Crippen molar-refractivity contribution in [2.45, 2.75) is 32.5 Å². The zero-order valence-corrected chi connectivity index (χ0v) is 16.6. The molecule has 3 rings (SSSR count). The molecule has 0 radical (unpaired) electrons. The lowest BCUT2D eigenvalue weighted by molar-refractivity contribution is -0.137. The highest BCUT2D eigenvalue weighted by atomic mass is 19.4. The number of allylic oxidation sites excluding steroid dienone is 1. The van der Waals surface area contributed by atoms with E-state index in [2.05, 4.69) is 35.4 Å². The second kappa shape index (κ2) is 7.39. The first-order chi connectivity index (χ1) is 13.5. The predicted molar refractivity (Wildman–Crippen MR) is 109 cm³/mol. The third-order valence-electron chi connectivity index (χ3n) is 5.07. The van der Waals surface area contributed by atoms with E-state index in [4.69, 9.17) is 0 Å². The minimum atomic E-state index is -4.50. The topological polar surface area (TPSA) is 44.7 Å². The molecule has 2 aromatic rings. The van der Waals surface area contributed by atoms with Gasteiger partial charge in [-0.05, 0) is 62.2 Å². The minimum Gasteiger partial charge on any atom is -0.366 e. The molecule has 1 aliphatic heterocycles. The number of halogens is 3. The van der Waals surface area contributed by atoms with Gasteiger partial charge in [0.2, 0.25) is 0 Å². The number of carbonyl (C=O) groups excluding carboxylic acids is 1. The van der Waals surface area contributed by atoms with Crippen LogP contribution >= 0.6 is 0 Å². The quantitative estimate of drug-likeness (QED) is 0.574. The highest BCUT2D eigenvalue weighted by Gasteiger charge is 2.31. The number of hydrogen-bond donors (Lipinski definition) is 1. The van der Waals surface area contributed by atoms with Crippen LogP contribution in [0.4, 0.5) is 18.9 Å². The Morgan fingerprint density at radius 3 is 2.59 bits per heavy atom. The van der Waals surface area contributed by atoms with Crippen molar-refractivity contribution in [2.24, 2.45) is 5.10 Å². The number of hydrogen-bond acceptors (Lipinski definition) is 3. The number of amides is 1. The lowest BCUT2D eigenvalue weighted by Crippen LogP contribution is -2.42. The molecule has 4 nitrogen and oxygen atoms in total. The van der Waals surface area contributed by atoms with Crippen LogP contribution in [0.15, 0.2) is 53.6 Å². The van der Waals surface area contributed by atoms with E-state index in [1.54, 1.807) is 0 Å². The van der Waals surface area contributed by atoms with E-state index < -0.39 is 17.6 Å². The second-order valence-corrected chi connectivity index (χ2v) is 7.59. The van der Waals surface area contributed by atoms with Gasteiger partial charge in [0.05, 0.1) is 17.3 Å². The van der Waals surface area contributed by atoms with Crippen LogP contribution in [0.1, 0.15) is 47.8 Å². The molecule has 1 aliphatic rings. The predicted octanol–water partition coefficient (Wildman–Crippen LogP) is 5.10. The Hall–Kier alpha value is -3.09. The van der Waals surface area contributed by atoms with Crippen molar-refractivity contribution in [1.29, 1.82) is 0 Å². The number of hydrazone groups is 1.